The number of carbonyl (C=O) groups excluding carboxylic acids is 1. The zero-order valence-electron chi connectivity index (χ0n) is 6.04. The summed E-state index contributed by atoms with van der Waals surface area (Å²) in [5.74, 6) is -0.331. The number of hydrogen-bond acceptors (Lipinski definition) is 3. The van der Waals surface area contributed by atoms with Gasteiger partial charge in [-0.25, -0.2) is 9.18 Å². The standard InChI is InChI=1S/C8H5FO3/c9-5-1-2-6-7(3-5)11-4-8(10)12-6/h1-3H,4H2. The molecule has 2 rings (SSSR count). The van der Waals surface area contributed by atoms with Crippen LogP contribution in [0.2, 0.25) is 0 Å². The summed E-state index contributed by atoms with van der Waals surface area (Å²) in [4.78, 5) is 10.7. The van der Waals surface area contributed by atoms with Crippen LogP contribution in [0.3, 0.4) is 0 Å². The van der Waals surface area contributed by atoms with Gasteiger partial charge in [0.2, 0.25) is 0 Å². The van der Waals surface area contributed by atoms with E-state index in [0.29, 0.717) is 0 Å². The Morgan fingerprint density at radius 1 is 1.33 bits per heavy atom. The molecule has 1 heterocycles. The molecule has 0 atom stereocenters. The molecule has 0 fully saturated rings. The molecule has 62 valence electrons. The van der Waals surface area contributed by atoms with Crippen molar-refractivity contribution in [2.45, 2.75) is 0 Å². The zero-order valence-corrected chi connectivity index (χ0v) is 6.04. The first kappa shape index (κ1) is 7.09. The van der Waals surface area contributed by atoms with Crippen LogP contribution in [0, 0.1) is 5.82 Å². The largest absolute Gasteiger partial charge is 0.478 e. The fraction of sp³-hybridized carbons (Fsp3) is 0.125. The molecule has 0 saturated carbocycles. The van der Waals surface area contributed by atoms with E-state index in [9.17, 15) is 9.18 Å². The summed E-state index contributed by atoms with van der Waals surface area (Å²) in [7, 11) is 0. The lowest BCUT2D eigenvalue weighted by Crippen LogP contribution is -2.22. The molecule has 0 aliphatic carbocycles. The molecule has 0 unspecified atom stereocenters. The van der Waals surface area contributed by atoms with Gasteiger partial charge >= 0.3 is 5.97 Å². The van der Waals surface area contributed by atoms with Crippen molar-refractivity contribution in [3.63, 3.8) is 0 Å². The second-order valence-corrected chi connectivity index (χ2v) is 2.35. The molecule has 1 aliphatic rings. The number of fused-ring (bicyclic) bond motifs is 1. The number of hydrogen-bond donors (Lipinski definition) is 0. The van der Waals surface area contributed by atoms with Crippen molar-refractivity contribution in [3.05, 3.63) is 24.0 Å². The van der Waals surface area contributed by atoms with Gasteiger partial charge < -0.3 is 9.47 Å². The first-order valence-corrected chi connectivity index (χ1v) is 3.39. The van der Waals surface area contributed by atoms with Crippen molar-refractivity contribution in [1.29, 1.82) is 0 Å². The lowest BCUT2D eigenvalue weighted by Gasteiger charge is -2.15. The van der Waals surface area contributed by atoms with Crippen LogP contribution in [0.25, 0.3) is 0 Å². The van der Waals surface area contributed by atoms with Crippen LogP contribution in [-0.4, -0.2) is 12.6 Å². The summed E-state index contributed by atoms with van der Waals surface area (Å²) in [6, 6.07) is 3.75. The van der Waals surface area contributed by atoms with E-state index in [1.807, 2.05) is 0 Å². The van der Waals surface area contributed by atoms with Gasteiger partial charge in [-0.05, 0) is 12.1 Å². The van der Waals surface area contributed by atoms with Gasteiger partial charge in [0.15, 0.2) is 18.1 Å². The predicted molar refractivity (Wildman–Crippen MR) is 37.5 cm³/mol. The van der Waals surface area contributed by atoms with E-state index in [4.69, 9.17) is 9.47 Å². The summed E-state index contributed by atoms with van der Waals surface area (Å²) >= 11 is 0. The number of carbonyl (C=O) groups is 1. The maximum absolute atomic E-state index is 12.6. The van der Waals surface area contributed by atoms with Gasteiger partial charge in [-0.2, -0.15) is 0 Å². The van der Waals surface area contributed by atoms with E-state index < -0.39 is 11.8 Å². The van der Waals surface area contributed by atoms with Gasteiger partial charge in [-0.3, -0.25) is 0 Å². The van der Waals surface area contributed by atoms with E-state index in [2.05, 4.69) is 0 Å². The van der Waals surface area contributed by atoms with Gasteiger partial charge in [-0.1, -0.05) is 0 Å². The average Bonchev–Trinajstić information content (AvgIpc) is 2.05. The molecule has 1 aromatic rings. The summed E-state index contributed by atoms with van der Waals surface area (Å²) in [6.45, 7) is -0.156. The highest BCUT2D eigenvalue weighted by Crippen LogP contribution is 2.30. The van der Waals surface area contributed by atoms with Gasteiger partial charge in [0.05, 0.1) is 0 Å². The van der Waals surface area contributed by atoms with Crippen molar-refractivity contribution >= 4 is 5.97 Å². The third kappa shape index (κ3) is 1.11. The first-order chi connectivity index (χ1) is 5.75. The molecule has 0 saturated heterocycles. The Hall–Kier alpha value is -1.58. The van der Waals surface area contributed by atoms with E-state index in [1.165, 1.54) is 18.2 Å². The van der Waals surface area contributed by atoms with E-state index in [0.717, 1.165) is 0 Å². The van der Waals surface area contributed by atoms with Crippen LogP contribution >= 0.6 is 0 Å². The van der Waals surface area contributed by atoms with Gasteiger partial charge in [-0.15, -0.1) is 0 Å². The number of benzene rings is 1. The topological polar surface area (TPSA) is 35.5 Å². The van der Waals surface area contributed by atoms with Gasteiger partial charge in [0, 0.05) is 6.07 Å². The number of esters is 1. The zero-order chi connectivity index (χ0) is 8.55. The van der Waals surface area contributed by atoms with E-state index >= 15 is 0 Å². The molecule has 0 N–H and O–H groups in total. The molecular weight excluding hydrogens is 163 g/mol. The molecule has 0 aromatic heterocycles. The molecule has 12 heavy (non-hydrogen) atoms. The van der Waals surface area contributed by atoms with Crippen LogP contribution in [-0.2, 0) is 4.79 Å². The summed E-state index contributed by atoms with van der Waals surface area (Å²) in [5.41, 5.74) is 0. The van der Waals surface area contributed by atoms with Crippen molar-refractivity contribution < 1.29 is 18.7 Å². The summed E-state index contributed by atoms with van der Waals surface area (Å²) in [6.07, 6.45) is 0. The Bertz CT molecular complexity index is 335. The monoisotopic (exact) mass is 168 g/mol. The second-order valence-electron chi connectivity index (χ2n) is 2.35. The Morgan fingerprint density at radius 3 is 3.00 bits per heavy atom. The molecule has 0 spiro atoms. The van der Waals surface area contributed by atoms with Crippen molar-refractivity contribution in [2.75, 3.05) is 6.61 Å². The smallest absolute Gasteiger partial charge is 0.349 e. The van der Waals surface area contributed by atoms with E-state index in [-0.39, 0.29) is 18.1 Å². The number of halogens is 1. The maximum Gasteiger partial charge on any atom is 0.349 e. The third-order valence-corrected chi connectivity index (χ3v) is 1.48. The molecule has 0 bridgehead atoms. The third-order valence-electron chi connectivity index (χ3n) is 1.48. The molecule has 1 aromatic carbocycles. The Kier molecular flexibility index (Phi) is 1.46. The van der Waals surface area contributed by atoms with E-state index in [1.54, 1.807) is 0 Å². The lowest BCUT2D eigenvalue weighted by atomic mass is 10.3. The number of rotatable bonds is 0. The fourth-order valence-corrected chi connectivity index (χ4v) is 0.968. The molecule has 1 aliphatic heterocycles. The Morgan fingerprint density at radius 2 is 2.17 bits per heavy atom. The lowest BCUT2D eigenvalue weighted by molar-refractivity contribution is -0.138. The highest BCUT2D eigenvalue weighted by Gasteiger charge is 2.18. The Balaban J connectivity index is 2.43. The summed E-state index contributed by atoms with van der Waals surface area (Å²) in [5, 5.41) is 0. The molecule has 3 nitrogen and oxygen atoms in total. The number of ether oxygens (including phenoxy) is 2. The highest BCUT2D eigenvalue weighted by molar-refractivity contribution is 5.76. The molecule has 0 amide bonds. The minimum absolute atomic E-state index is 0.156. The van der Waals surface area contributed by atoms with Crippen LogP contribution < -0.4 is 9.47 Å². The summed E-state index contributed by atoms with van der Waals surface area (Å²) < 4.78 is 22.2. The maximum atomic E-state index is 12.6. The normalized spacial score (nSPS) is 14.6. The second kappa shape index (κ2) is 2.48. The van der Waals surface area contributed by atoms with Gasteiger partial charge in [0.25, 0.3) is 0 Å². The molecular formula is C8H5FO3. The quantitative estimate of drug-likeness (QED) is 0.430. The predicted octanol–water partition coefficient (Wildman–Crippen LogP) is 1.12. The van der Waals surface area contributed by atoms with Crippen molar-refractivity contribution in [1.82, 2.24) is 0 Å². The van der Waals surface area contributed by atoms with Gasteiger partial charge in [0.1, 0.15) is 5.82 Å². The van der Waals surface area contributed by atoms with Crippen LogP contribution in [0.15, 0.2) is 18.2 Å². The van der Waals surface area contributed by atoms with Crippen LogP contribution in [0.1, 0.15) is 0 Å². The van der Waals surface area contributed by atoms with Crippen molar-refractivity contribution in [2.24, 2.45) is 0 Å². The van der Waals surface area contributed by atoms with Crippen LogP contribution in [0.4, 0.5) is 4.39 Å². The molecule has 0 radical (unpaired) electrons. The average molecular weight is 168 g/mol. The molecule has 4 heteroatoms. The van der Waals surface area contributed by atoms with Crippen molar-refractivity contribution in [3.8, 4) is 11.5 Å². The van der Waals surface area contributed by atoms with Crippen LogP contribution in [0.5, 0.6) is 11.5 Å². The highest BCUT2D eigenvalue weighted by atomic mass is 19.1. The Labute approximate surface area is 67.7 Å². The minimum atomic E-state index is -0.464. The fourth-order valence-electron chi connectivity index (χ4n) is 0.968. The SMILES string of the molecule is O=C1COc2cc(F)ccc2O1. The minimum Gasteiger partial charge on any atom is -0.478 e. The first-order valence-electron chi connectivity index (χ1n) is 3.39.